The minimum Gasteiger partial charge on any atom is -0.372 e. The van der Waals surface area contributed by atoms with Crippen molar-refractivity contribution >= 4 is 50.8 Å². The van der Waals surface area contributed by atoms with Gasteiger partial charge in [-0.05, 0) is 36.2 Å². The molecule has 7 nitrogen and oxygen atoms in total. The molecule has 0 atom stereocenters. The smallest absolute Gasteiger partial charge is 0.229 e. The Morgan fingerprint density at radius 1 is 1.04 bits per heavy atom. The fraction of sp³-hybridized carbons (Fsp3) is 0.263. The van der Waals surface area contributed by atoms with E-state index >= 15 is 0 Å². The van der Waals surface area contributed by atoms with Gasteiger partial charge in [-0.2, -0.15) is 4.98 Å². The molecule has 0 unspecified atom stereocenters. The van der Waals surface area contributed by atoms with Crippen LogP contribution in [-0.2, 0) is 15.8 Å². The van der Waals surface area contributed by atoms with Gasteiger partial charge in [-0.3, -0.25) is 0 Å². The van der Waals surface area contributed by atoms with Gasteiger partial charge in [0.15, 0.2) is 0 Å². The maximum atomic E-state index is 12.0. The summed E-state index contributed by atoms with van der Waals surface area (Å²) in [6.45, 7) is 2.01. The Hall–Kier alpha value is -2.42. The lowest BCUT2D eigenvalue weighted by molar-refractivity contribution is 0.520. The molecular weight excluding hydrogens is 398 g/mol. The number of anilines is 3. The van der Waals surface area contributed by atoms with E-state index in [0.717, 1.165) is 33.5 Å². The van der Waals surface area contributed by atoms with Crippen LogP contribution in [0.2, 0.25) is 0 Å². The molecule has 0 aliphatic heterocycles. The lowest BCUT2D eigenvalue weighted by Crippen LogP contribution is -2.23. The summed E-state index contributed by atoms with van der Waals surface area (Å²) < 4.78 is 25.2. The van der Waals surface area contributed by atoms with E-state index in [-0.39, 0.29) is 18.2 Å². The van der Waals surface area contributed by atoms with Crippen LogP contribution < -0.4 is 10.6 Å². The molecule has 0 aliphatic rings. The van der Waals surface area contributed by atoms with E-state index in [1.54, 1.807) is 12.1 Å². The number of hydrogen-bond donors (Lipinski definition) is 2. The van der Waals surface area contributed by atoms with Crippen molar-refractivity contribution in [2.45, 2.75) is 12.7 Å². The second-order valence-corrected chi connectivity index (χ2v) is 8.66. The quantitative estimate of drug-likeness (QED) is 0.633. The van der Waals surface area contributed by atoms with Gasteiger partial charge in [0.25, 0.3) is 0 Å². The van der Waals surface area contributed by atoms with Gasteiger partial charge in [0.1, 0.15) is 5.82 Å². The molecule has 2 N–H and O–H groups in total. The van der Waals surface area contributed by atoms with E-state index in [2.05, 4.69) is 20.6 Å². The summed E-state index contributed by atoms with van der Waals surface area (Å²) >= 11 is 0. The highest BCUT2D eigenvalue weighted by Gasteiger charge is 2.14. The van der Waals surface area contributed by atoms with Crippen molar-refractivity contribution < 1.29 is 8.42 Å². The molecule has 0 amide bonds. The number of fused-ring (bicyclic) bond motifs is 1. The van der Waals surface area contributed by atoms with E-state index < -0.39 is 10.0 Å². The van der Waals surface area contributed by atoms with Crippen molar-refractivity contribution in [2.24, 2.45) is 0 Å². The summed E-state index contributed by atoms with van der Waals surface area (Å²) in [6.07, 6.45) is 0. The summed E-state index contributed by atoms with van der Waals surface area (Å²) in [7, 11) is 1.61. The topological polar surface area (TPSA) is 87.2 Å². The highest BCUT2D eigenvalue weighted by Crippen LogP contribution is 2.25. The molecule has 3 rings (SSSR count). The molecule has 0 bridgehead atoms. The minimum atomic E-state index is -3.28. The molecule has 1 aromatic heterocycles. The number of halogens is 1. The predicted molar refractivity (Wildman–Crippen MR) is 117 cm³/mol. The molecular formula is C19H24ClN5O2S. The van der Waals surface area contributed by atoms with Gasteiger partial charge in [-0.15, -0.1) is 12.4 Å². The van der Waals surface area contributed by atoms with Crippen molar-refractivity contribution in [2.75, 3.05) is 31.8 Å². The molecule has 0 saturated carbocycles. The van der Waals surface area contributed by atoms with Crippen molar-refractivity contribution in [3.05, 3.63) is 53.6 Å². The first-order valence-corrected chi connectivity index (χ1v) is 10.1. The van der Waals surface area contributed by atoms with E-state index in [0.29, 0.717) is 5.95 Å². The van der Waals surface area contributed by atoms with Crippen LogP contribution >= 0.6 is 12.4 Å². The van der Waals surface area contributed by atoms with Gasteiger partial charge in [0.05, 0.1) is 11.3 Å². The van der Waals surface area contributed by atoms with Crippen molar-refractivity contribution in [3.63, 3.8) is 0 Å². The first-order valence-electron chi connectivity index (χ1n) is 8.51. The third-order valence-corrected chi connectivity index (χ3v) is 6.09. The molecule has 0 radical (unpaired) electrons. The molecule has 0 fully saturated rings. The molecule has 0 spiro atoms. The number of nitrogens with one attached hydrogen (secondary N) is 2. The Labute approximate surface area is 171 Å². The maximum absolute atomic E-state index is 12.0. The third kappa shape index (κ3) is 4.70. The van der Waals surface area contributed by atoms with Gasteiger partial charge in [0, 0.05) is 32.2 Å². The molecule has 150 valence electrons. The van der Waals surface area contributed by atoms with Gasteiger partial charge >= 0.3 is 0 Å². The first-order chi connectivity index (χ1) is 12.8. The van der Waals surface area contributed by atoms with Crippen LogP contribution in [-0.4, -0.2) is 43.8 Å². The fourth-order valence-electron chi connectivity index (χ4n) is 2.70. The SMILES string of the molecule is CNc1nc(Nc2ccc(CS(=O)(=O)N(C)C)cc2)nc2c(C)cccc12.Cl. The molecule has 2 aromatic carbocycles. The lowest BCUT2D eigenvalue weighted by Gasteiger charge is -2.13. The number of sulfonamides is 1. The monoisotopic (exact) mass is 421 g/mol. The minimum absolute atomic E-state index is 0. The lowest BCUT2D eigenvalue weighted by atomic mass is 10.1. The van der Waals surface area contributed by atoms with E-state index in [1.165, 1.54) is 18.4 Å². The number of benzene rings is 2. The van der Waals surface area contributed by atoms with Crippen LogP contribution in [0.15, 0.2) is 42.5 Å². The largest absolute Gasteiger partial charge is 0.372 e. The number of rotatable bonds is 6. The van der Waals surface area contributed by atoms with Crippen molar-refractivity contribution in [1.82, 2.24) is 14.3 Å². The van der Waals surface area contributed by atoms with E-state index in [4.69, 9.17) is 0 Å². The van der Waals surface area contributed by atoms with Crippen LogP contribution in [0.4, 0.5) is 17.5 Å². The maximum Gasteiger partial charge on any atom is 0.229 e. The highest BCUT2D eigenvalue weighted by atomic mass is 35.5. The second-order valence-electron chi connectivity index (χ2n) is 6.48. The Balaban J connectivity index is 0.00000280. The van der Waals surface area contributed by atoms with Crippen LogP contribution in [0.5, 0.6) is 0 Å². The Kier molecular flexibility index (Phi) is 6.82. The zero-order valence-corrected chi connectivity index (χ0v) is 17.9. The number of nitrogens with zero attached hydrogens (tertiary/aromatic N) is 3. The molecule has 9 heteroatoms. The second kappa shape index (κ2) is 8.72. The van der Waals surface area contributed by atoms with E-state index in [1.807, 2.05) is 44.3 Å². The third-order valence-electron chi connectivity index (χ3n) is 4.28. The van der Waals surface area contributed by atoms with Gasteiger partial charge in [-0.25, -0.2) is 17.7 Å². The van der Waals surface area contributed by atoms with Gasteiger partial charge < -0.3 is 10.6 Å². The number of aromatic nitrogens is 2. The summed E-state index contributed by atoms with van der Waals surface area (Å²) in [5.41, 5.74) is 3.46. The zero-order valence-electron chi connectivity index (χ0n) is 16.2. The van der Waals surface area contributed by atoms with E-state index in [9.17, 15) is 8.42 Å². The molecule has 28 heavy (non-hydrogen) atoms. The van der Waals surface area contributed by atoms with Crippen LogP contribution in [0, 0.1) is 6.92 Å². The van der Waals surface area contributed by atoms with Crippen LogP contribution in [0.1, 0.15) is 11.1 Å². The average Bonchev–Trinajstić information content (AvgIpc) is 2.63. The van der Waals surface area contributed by atoms with Gasteiger partial charge in [-0.1, -0.05) is 24.3 Å². The average molecular weight is 422 g/mol. The van der Waals surface area contributed by atoms with Crippen LogP contribution in [0.25, 0.3) is 10.9 Å². The molecule has 0 aliphatic carbocycles. The van der Waals surface area contributed by atoms with Crippen molar-refractivity contribution in [3.8, 4) is 0 Å². The van der Waals surface area contributed by atoms with Gasteiger partial charge in [0.2, 0.25) is 16.0 Å². The number of hydrogen-bond acceptors (Lipinski definition) is 6. The zero-order chi connectivity index (χ0) is 19.6. The first kappa shape index (κ1) is 21.9. The molecule has 1 heterocycles. The summed E-state index contributed by atoms with van der Waals surface area (Å²) in [6, 6.07) is 13.2. The predicted octanol–water partition coefficient (Wildman–Crippen LogP) is 3.54. The summed E-state index contributed by atoms with van der Waals surface area (Å²) in [4.78, 5) is 9.14. The standard InChI is InChI=1S/C19H23N5O2S.ClH/c1-13-6-5-7-16-17(13)22-19(23-18(16)20-2)21-15-10-8-14(9-11-15)12-27(25,26)24(3)4;/h5-11H,12H2,1-4H3,(H2,20,21,22,23);1H. The van der Waals surface area contributed by atoms with Crippen LogP contribution in [0.3, 0.4) is 0 Å². The Morgan fingerprint density at radius 3 is 2.32 bits per heavy atom. The Morgan fingerprint density at radius 2 is 1.71 bits per heavy atom. The highest BCUT2D eigenvalue weighted by molar-refractivity contribution is 7.88. The number of para-hydroxylation sites is 1. The molecule has 0 saturated heterocycles. The summed E-state index contributed by atoms with van der Waals surface area (Å²) in [5.74, 6) is 1.20. The summed E-state index contributed by atoms with van der Waals surface area (Å²) in [5, 5.41) is 7.26. The fourth-order valence-corrected chi connectivity index (χ4v) is 3.57. The number of aryl methyl sites for hydroxylation is 1. The Bertz CT molecular complexity index is 1070. The molecule has 3 aromatic rings. The normalized spacial score (nSPS) is 11.3. The van der Waals surface area contributed by atoms with Crippen molar-refractivity contribution in [1.29, 1.82) is 0 Å².